The van der Waals surface area contributed by atoms with Crippen LogP contribution < -0.4 is 0 Å². The van der Waals surface area contributed by atoms with Crippen molar-refractivity contribution in [2.45, 2.75) is 0 Å². The van der Waals surface area contributed by atoms with E-state index in [4.69, 9.17) is 29.9 Å². The molecule has 12 aromatic rings. The molecule has 3 heterocycles. The highest BCUT2D eigenvalue weighted by Gasteiger charge is 2.22. The van der Waals surface area contributed by atoms with Gasteiger partial charge in [-0.05, 0) is 41.0 Å². The third kappa shape index (κ3) is 7.50. The highest BCUT2D eigenvalue weighted by Crippen LogP contribution is 2.42. The van der Waals surface area contributed by atoms with Crippen LogP contribution in [0.3, 0.4) is 0 Å². The van der Waals surface area contributed by atoms with Crippen LogP contribution in [0.1, 0.15) is 0 Å². The lowest BCUT2D eigenvalue weighted by Crippen LogP contribution is -2.03. The summed E-state index contributed by atoms with van der Waals surface area (Å²) in [5.74, 6) is 3.39. The van der Waals surface area contributed by atoms with E-state index in [1.807, 2.05) is 121 Å². The number of hydrogen-bond donors (Lipinski definition) is 0. The summed E-state index contributed by atoms with van der Waals surface area (Å²) in [6.07, 6.45) is 0. The van der Waals surface area contributed by atoms with Crippen LogP contribution in [-0.4, -0.2) is 34.5 Å². The predicted molar refractivity (Wildman–Crippen MR) is 271 cm³/mol. The second-order valence-corrected chi connectivity index (χ2v) is 16.3. The SMILES string of the molecule is c1ccc(-c2nc(-c3ccccc3)nc(-c3ccc(-c4ccc5c6cccc(-c7ccccc7)c6n(-c6ccccc6)c5c4)c(-c4nc(-c5ccccc5)nc(-c5ccccc5)n4)c3)n2)cc1. The van der Waals surface area contributed by atoms with E-state index in [1.165, 1.54) is 10.9 Å². The summed E-state index contributed by atoms with van der Waals surface area (Å²) in [4.78, 5) is 30.9. The fraction of sp³-hybridized carbons (Fsp3) is 0. The van der Waals surface area contributed by atoms with E-state index in [9.17, 15) is 0 Å². The van der Waals surface area contributed by atoms with E-state index >= 15 is 0 Å². The number of rotatable bonds is 9. The quantitative estimate of drug-likeness (QED) is 0.144. The van der Waals surface area contributed by atoms with Crippen LogP contribution in [0.25, 0.3) is 118 Å². The molecule has 3 aromatic heterocycles. The van der Waals surface area contributed by atoms with Gasteiger partial charge in [-0.2, -0.15) is 0 Å². The molecule has 12 rings (SSSR count). The van der Waals surface area contributed by atoms with Crippen molar-refractivity contribution in [1.29, 1.82) is 0 Å². The molecule has 0 N–H and O–H groups in total. The van der Waals surface area contributed by atoms with Crippen molar-refractivity contribution >= 4 is 21.8 Å². The normalized spacial score (nSPS) is 11.3. The molecule has 314 valence electrons. The van der Waals surface area contributed by atoms with E-state index in [2.05, 4.69) is 120 Å². The maximum atomic E-state index is 5.28. The lowest BCUT2D eigenvalue weighted by molar-refractivity contribution is 1.07. The Balaban J connectivity index is 1.13. The first-order valence-electron chi connectivity index (χ1n) is 22.3. The molecule has 9 aromatic carbocycles. The minimum atomic E-state index is 0.528. The second kappa shape index (κ2) is 17.1. The van der Waals surface area contributed by atoms with Crippen LogP contribution in [0.4, 0.5) is 0 Å². The molecule has 0 saturated heterocycles. The molecule has 7 nitrogen and oxygen atoms in total. The summed E-state index contributed by atoms with van der Waals surface area (Å²) in [5.41, 5.74) is 12.8. The van der Waals surface area contributed by atoms with Gasteiger partial charge in [0.05, 0.1) is 11.0 Å². The van der Waals surface area contributed by atoms with Gasteiger partial charge in [0.15, 0.2) is 34.9 Å². The van der Waals surface area contributed by atoms with E-state index < -0.39 is 0 Å². The summed E-state index contributed by atoms with van der Waals surface area (Å²) < 4.78 is 2.40. The monoisotopic (exact) mass is 857 g/mol. The Hall–Kier alpha value is -9.20. The molecular weight excluding hydrogens is 819 g/mol. The van der Waals surface area contributed by atoms with E-state index in [1.54, 1.807) is 0 Å². The Morgan fingerprint density at radius 2 is 0.657 bits per heavy atom. The number of para-hydroxylation sites is 2. The van der Waals surface area contributed by atoms with Gasteiger partial charge in [-0.3, -0.25) is 0 Å². The van der Waals surface area contributed by atoms with Crippen LogP contribution in [0.2, 0.25) is 0 Å². The lowest BCUT2D eigenvalue weighted by atomic mass is 9.95. The zero-order valence-corrected chi connectivity index (χ0v) is 36.1. The van der Waals surface area contributed by atoms with Crippen molar-refractivity contribution in [2.75, 3.05) is 0 Å². The van der Waals surface area contributed by atoms with Crippen molar-refractivity contribution < 1.29 is 0 Å². The van der Waals surface area contributed by atoms with Gasteiger partial charge < -0.3 is 4.57 Å². The van der Waals surface area contributed by atoms with Crippen molar-refractivity contribution in [3.8, 4) is 96.3 Å². The highest BCUT2D eigenvalue weighted by atomic mass is 15.0. The van der Waals surface area contributed by atoms with E-state index in [0.717, 1.165) is 72.2 Å². The molecule has 0 atom stereocenters. The summed E-state index contributed by atoms with van der Waals surface area (Å²) in [6, 6.07) is 81.2. The van der Waals surface area contributed by atoms with E-state index in [-0.39, 0.29) is 0 Å². The molecule has 0 aliphatic heterocycles. The maximum Gasteiger partial charge on any atom is 0.164 e. The van der Waals surface area contributed by atoms with Gasteiger partial charge in [-0.15, -0.1) is 0 Å². The van der Waals surface area contributed by atoms with Crippen LogP contribution in [0, 0.1) is 0 Å². The third-order valence-corrected chi connectivity index (χ3v) is 12.1. The molecule has 0 aliphatic carbocycles. The summed E-state index contributed by atoms with van der Waals surface area (Å²) in [7, 11) is 0. The van der Waals surface area contributed by atoms with Crippen LogP contribution in [0.5, 0.6) is 0 Å². The topological polar surface area (TPSA) is 82.3 Å². The Kier molecular flexibility index (Phi) is 10.0. The molecule has 0 bridgehead atoms. The van der Waals surface area contributed by atoms with Gasteiger partial charge in [-0.25, -0.2) is 29.9 Å². The number of aromatic nitrogens is 7. The molecule has 0 aliphatic rings. The van der Waals surface area contributed by atoms with Gasteiger partial charge >= 0.3 is 0 Å². The third-order valence-electron chi connectivity index (χ3n) is 12.1. The van der Waals surface area contributed by atoms with Crippen LogP contribution >= 0.6 is 0 Å². The molecular formula is C60H39N7. The highest BCUT2D eigenvalue weighted by molar-refractivity contribution is 6.14. The minimum absolute atomic E-state index is 0.528. The van der Waals surface area contributed by atoms with Gasteiger partial charge in [0.2, 0.25) is 0 Å². The minimum Gasteiger partial charge on any atom is -0.309 e. The number of nitrogens with zero attached hydrogens (tertiary/aromatic N) is 7. The van der Waals surface area contributed by atoms with Crippen LogP contribution in [-0.2, 0) is 0 Å². The van der Waals surface area contributed by atoms with Crippen molar-refractivity contribution in [2.24, 2.45) is 0 Å². The van der Waals surface area contributed by atoms with Crippen molar-refractivity contribution in [3.05, 3.63) is 237 Å². The largest absolute Gasteiger partial charge is 0.309 e. The molecule has 7 heteroatoms. The molecule has 0 fully saturated rings. The van der Waals surface area contributed by atoms with Crippen molar-refractivity contribution in [1.82, 2.24) is 34.5 Å². The molecule has 67 heavy (non-hydrogen) atoms. The van der Waals surface area contributed by atoms with Gasteiger partial charge in [0, 0.05) is 55.4 Å². The van der Waals surface area contributed by atoms with Gasteiger partial charge in [0.1, 0.15) is 0 Å². The maximum absolute atomic E-state index is 5.28. The zero-order valence-electron chi connectivity index (χ0n) is 36.1. The molecule has 0 amide bonds. The van der Waals surface area contributed by atoms with Gasteiger partial charge in [0.25, 0.3) is 0 Å². The Labute approximate surface area is 387 Å². The standard InChI is InChI=1S/C60H39N7/c1-7-20-40(21-8-1)49-32-19-33-51-50-37-34-45(39-53(50)67(54(49)51)47-30-17-6-18-31-47)48-36-35-46(59-63-55(41-22-9-2-10-23-41)61-56(64-59)42-24-11-3-12-25-42)38-52(48)60-65-57(43-26-13-4-14-27-43)62-58(66-60)44-28-15-5-16-29-44/h1-39H. The van der Waals surface area contributed by atoms with Crippen LogP contribution in [0.15, 0.2) is 237 Å². The van der Waals surface area contributed by atoms with Crippen molar-refractivity contribution in [3.63, 3.8) is 0 Å². The van der Waals surface area contributed by atoms with Gasteiger partial charge in [-0.1, -0.05) is 212 Å². The number of fused-ring (bicyclic) bond motifs is 3. The molecule has 0 spiro atoms. The molecule has 0 radical (unpaired) electrons. The molecule has 0 unspecified atom stereocenters. The first-order chi connectivity index (χ1) is 33.2. The smallest absolute Gasteiger partial charge is 0.164 e. The first kappa shape index (κ1) is 39.4. The average molecular weight is 858 g/mol. The zero-order chi connectivity index (χ0) is 44.5. The Morgan fingerprint density at radius 1 is 0.239 bits per heavy atom. The first-order valence-corrected chi connectivity index (χ1v) is 22.3. The fourth-order valence-corrected chi connectivity index (χ4v) is 8.92. The average Bonchev–Trinajstić information content (AvgIpc) is 3.76. The summed E-state index contributed by atoms with van der Waals surface area (Å²) in [5, 5.41) is 2.33. The Bertz CT molecular complexity index is 3600. The number of benzene rings is 9. The second-order valence-electron chi connectivity index (χ2n) is 16.3. The fourth-order valence-electron chi connectivity index (χ4n) is 8.92. The number of hydrogen-bond acceptors (Lipinski definition) is 6. The van der Waals surface area contributed by atoms with E-state index in [0.29, 0.717) is 34.9 Å². The Morgan fingerprint density at radius 3 is 1.15 bits per heavy atom. The predicted octanol–water partition coefficient (Wildman–Crippen LogP) is 14.5. The lowest BCUT2D eigenvalue weighted by Gasteiger charge is -2.15. The summed E-state index contributed by atoms with van der Waals surface area (Å²) >= 11 is 0. The molecule has 0 saturated carbocycles. The summed E-state index contributed by atoms with van der Waals surface area (Å²) in [6.45, 7) is 0.